The largest absolute Gasteiger partial charge is 0.324 e. The van der Waals surface area contributed by atoms with Gasteiger partial charge in [0.1, 0.15) is 6.54 Å². The van der Waals surface area contributed by atoms with Crippen LogP contribution >= 0.6 is 11.8 Å². The molecule has 3 aromatic rings. The second kappa shape index (κ2) is 6.26. The van der Waals surface area contributed by atoms with E-state index in [0.29, 0.717) is 5.56 Å². The van der Waals surface area contributed by atoms with E-state index in [9.17, 15) is 9.59 Å². The van der Waals surface area contributed by atoms with E-state index >= 15 is 0 Å². The van der Waals surface area contributed by atoms with Crippen LogP contribution in [0.2, 0.25) is 0 Å². The highest BCUT2D eigenvalue weighted by molar-refractivity contribution is 7.98. The number of hydrogen-bond acceptors (Lipinski definition) is 3. The fourth-order valence-electron chi connectivity index (χ4n) is 3.22. The van der Waals surface area contributed by atoms with E-state index in [0.717, 1.165) is 27.0 Å². The van der Waals surface area contributed by atoms with Crippen molar-refractivity contribution in [1.29, 1.82) is 0 Å². The van der Waals surface area contributed by atoms with Crippen molar-refractivity contribution in [1.82, 2.24) is 0 Å². The molecule has 0 fully saturated rings. The Bertz CT molecular complexity index is 995. The minimum absolute atomic E-state index is 0.00462. The quantitative estimate of drug-likeness (QED) is 0.720. The van der Waals surface area contributed by atoms with Gasteiger partial charge < -0.3 is 5.32 Å². The minimum Gasteiger partial charge on any atom is -0.324 e. The number of hydrogen-bond donors (Lipinski definition) is 1. The molecule has 0 spiro atoms. The molecule has 0 unspecified atom stereocenters. The van der Waals surface area contributed by atoms with E-state index in [1.807, 2.05) is 66.9 Å². The van der Waals surface area contributed by atoms with Gasteiger partial charge in [-0.1, -0.05) is 36.4 Å². The minimum atomic E-state index is -0.209. The van der Waals surface area contributed by atoms with E-state index in [4.69, 9.17) is 0 Å². The average Bonchev–Trinajstić information content (AvgIpc) is 2.90. The lowest BCUT2D eigenvalue weighted by molar-refractivity contribution is -0.114. The molecule has 1 N–H and O–H groups in total. The molecule has 124 valence electrons. The summed E-state index contributed by atoms with van der Waals surface area (Å²) >= 11 is 1.57. The fraction of sp³-hybridized carbons (Fsp3) is 0.100. The van der Waals surface area contributed by atoms with Crippen LogP contribution in [0.1, 0.15) is 10.4 Å². The maximum absolute atomic E-state index is 12.7. The molecular weight excluding hydrogens is 332 g/mol. The number of nitrogens with one attached hydrogen (secondary N) is 1. The van der Waals surface area contributed by atoms with E-state index < -0.39 is 0 Å². The number of anilines is 2. The van der Waals surface area contributed by atoms with Gasteiger partial charge in [0.2, 0.25) is 5.91 Å². The van der Waals surface area contributed by atoms with Gasteiger partial charge in [-0.3, -0.25) is 14.5 Å². The molecular formula is C20H16N2O2S. The van der Waals surface area contributed by atoms with E-state index in [2.05, 4.69) is 5.32 Å². The van der Waals surface area contributed by atoms with Gasteiger partial charge in [-0.15, -0.1) is 11.8 Å². The molecule has 1 heterocycles. The summed E-state index contributed by atoms with van der Waals surface area (Å²) in [6, 6.07) is 19.1. The summed E-state index contributed by atoms with van der Waals surface area (Å²) in [5.74, 6) is -0.334. The fourth-order valence-corrected chi connectivity index (χ4v) is 3.77. The smallest absolute Gasteiger partial charge is 0.259 e. The van der Waals surface area contributed by atoms with E-state index in [1.165, 1.54) is 0 Å². The lowest BCUT2D eigenvalue weighted by atomic mass is 10.1. The summed E-state index contributed by atoms with van der Waals surface area (Å²) in [5, 5.41) is 4.85. The lowest BCUT2D eigenvalue weighted by Crippen LogP contribution is -2.35. The van der Waals surface area contributed by atoms with Crippen molar-refractivity contribution in [2.75, 3.05) is 23.0 Å². The van der Waals surface area contributed by atoms with Gasteiger partial charge in [-0.2, -0.15) is 0 Å². The third-order valence-electron chi connectivity index (χ3n) is 4.33. The first-order valence-electron chi connectivity index (χ1n) is 7.95. The first-order chi connectivity index (χ1) is 12.2. The molecule has 1 aliphatic heterocycles. The molecule has 1 aliphatic rings. The van der Waals surface area contributed by atoms with Gasteiger partial charge in [-0.05, 0) is 35.9 Å². The number of rotatable bonds is 4. The molecule has 0 bridgehead atoms. The topological polar surface area (TPSA) is 49.4 Å². The number of thioether (sulfide) groups is 1. The monoisotopic (exact) mass is 348 g/mol. The van der Waals surface area contributed by atoms with Crippen LogP contribution in [0.3, 0.4) is 0 Å². The van der Waals surface area contributed by atoms with Crippen molar-refractivity contribution in [2.45, 2.75) is 4.90 Å². The highest BCUT2D eigenvalue weighted by Crippen LogP contribution is 2.37. The van der Waals surface area contributed by atoms with Crippen molar-refractivity contribution in [3.63, 3.8) is 0 Å². The number of carbonyl (C=O) groups excluding carboxylic acids is 2. The van der Waals surface area contributed by atoms with Crippen molar-refractivity contribution in [3.05, 3.63) is 66.2 Å². The van der Waals surface area contributed by atoms with Crippen molar-refractivity contribution in [3.8, 4) is 0 Å². The second-order valence-corrected chi connectivity index (χ2v) is 6.67. The van der Waals surface area contributed by atoms with E-state index in [1.54, 1.807) is 16.7 Å². The zero-order chi connectivity index (χ0) is 17.4. The Morgan fingerprint density at radius 3 is 2.60 bits per heavy atom. The molecule has 0 saturated carbocycles. The number of benzene rings is 3. The summed E-state index contributed by atoms with van der Waals surface area (Å²) in [6.07, 6.45) is 1.96. The van der Waals surface area contributed by atoms with Gasteiger partial charge >= 0.3 is 0 Å². The molecule has 0 radical (unpaired) electrons. The average molecular weight is 348 g/mol. The molecule has 0 atom stereocenters. The van der Waals surface area contributed by atoms with Crippen LogP contribution < -0.4 is 10.2 Å². The number of para-hydroxylation sites is 1. The Hall–Kier alpha value is -2.79. The predicted molar refractivity (Wildman–Crippen MR) is 102 cm³/mol. The van der Waals surface area contributed by atoms with Crippen molar-refractivity contribution < 1.29 is 9.59 Å². The lowest BCUT2D eigenvalue weighted by Gasteiger charge is -2.18. The zero-order valence-corrected chi connectivity index (χ0v) is 14.5. The Kier molecular flexibility index (Phi) is 3.93. The first-order valence-corrected chi connectivity index (χ1v) is 9.18. The predicted octanol–water partition coefficient (Wildman–Crippen LogP) is 4.16. The summed E-state index contributed by atoms with van der Waals surface area (Å²) in [5.41, 5.74) is 2.22. The number of amides is 2. The number of nitrogens with zero attached hydrogens (tertiary/aromatic N) is 1. The molecule has 3 aromatic carbocycles. The van der Waals surface area contributed by atoms with Crippen LogP contribution in [0.4, 0.5) is 11.4 Å². The molecule has 2 amide bonds. The summed E-state index contributed by atoms with van der Waals surface area (Å²) < 4.78 is 0. The van der Waals surface area contributed by atoms with Crippen molar-refractivity contribution in [2.24, 2.45) is 0 Å². The van der Waals surface area contributed by atoms with Gasteiger partial charge in [0.25, 0.3) is 5.91 Å². The molecule has 0 aromatic heterocycles. The van der Waals surface area contributed by atoms with Crippen molar-refractivity contribution >= 4 is 45.7 Å². The van der Waals surface area contributed by atoms with Crippen LogP contribution in [0.15, 0.2) is 65.6 Å². The van der Waals surface area contributed by atoms with Crippen LogP contribution in [0.25, 0.3) is 10.8 Å². The third-order valence-corrected chi connectivity index (χ3v) is 5.13. The Balaban J connectivity index is 1.61. The van der Waals surface area contributed by atoms with Gasteiger partial charge in [0, 0.05) is 15.8 Å². The van der Waals surface area contributed by atoms with Gasteiger partial charge in [0.05, 0.1) is 11.4 Å². The maximum Gasteiger partial charge on any atom is 0.259 e. The highest BCUT2D eigenvalue weighted by atomic mass is 32.2. The maximum atomic E-state index is 12.7. The highest BCUT2D eigenvalue weighted by Gasteiger charge is 2.30. The van der Waals surface area contributed by atoms with E-state index in [-0.39, 0.29) is 18.4 Å². The van der Waals surface area contributed by atoms with Crippen LogP contribution in [-0.2, 0) is 4.79 Å². The van der Waals surface area contributed by atoms with Crippen LogP contribution in [-0.4, -0.2) is 24.6 Å². The van der Waals surface area contributed by atoms with Gasteiger partial charge in [-0.25, -0.2) is 0 Å². The summed E-state index contributed by atoms with van der Waals surface area (Å²) in [4.78, 5) is 27.8. The van der Waals surface area contributed by atoms with Crippen LogP contribution in [0, 0.1) is 0 Å². The van der Waals surface area contributed by atoms with Crippen LogP contribution in [0.5, 0.6) is 0 Å². The Labute approximate surface area is 149 Å². The second-order valence-electron chi connectivity index (χ2n) is 5.82. The van der Waals surface area contributed by atoms with Gasteiger partial charge in [0.15, 0.2) is 0 Å². The molecule has 0 saturated heterocycles. The Morgan fingerprint density at radius 2 is 1.80 bits per heavy atom. The standard InChI is InChI=1S/C20H16N2O2S/c1-25-17-11-3-2-9-15(17)21-18(23)12-22-16-10-5-7-13-6-4-8-14(19(13)16)20(22)24/h2-11H,12H2,1H3,(H,21,23). The number of carbonyl (C=O) groups is 2. The molecule has 4 nitrogen and oxygen atoms in total. The normalized spacial score (nSPS) is 12.7. The third kappa shape index (κ3) is 2.66. The SMILES string of the molecule is CSc1ccccc1NC(=O)CN1C(=O)c2cccc3cccc1c23. The first kappa shape index (κ1) is 15.7. The molecule has 4 rings (SSSR count). The Morgan fingerprint density at radius 1 is 1.04 bits per heavy atom. The molecule has 5 heteroatoms. The summed E-state index contributed by atoms with van der Waals surface area (Å²) in [7, 11) is 0. The molecule has 25 heavy (non-hydrogen) atoms. The molecule has 0 aliphatic carbocycles. The summed E-state index contributed by atoms with van der Waals surface area (Å²) in [6.45, 7) is -0.00462. The zero-order valence-electron chi connectivity index (χ0n) is 13.7.